The molecule has 0 radical (unpaired) electrons. The third kappa shape index (κ3) is 9.26. The summed E-state index contributed by atoms with van der Waals surface area (Å²) >= 11 is 0. The Morgan fingerprint density at radius 2 is 1.74 bits per heavy atom. The molecule has 2 saturated heterocycles. The molecule has 2 aliphatic rings. The lowest BCUT2D eigenvalue weighted by molar-refractivity contribution is 0.0264. The molecule has 0 spiro atoms. The number of hydrogen-bond donors (Lipinski definition) is 1. The number of rotatable bonds is 9. The molecule has 1 aromatic carbocycles. The number of hydrogen-bond acceptors (Lipinski definition) is 3. The largest absolute Gasteiger partial charge is 0.378 e. The van der Waals surface area contributed by atoms with Crippen LogP contribution in [-0.4, -0.2) is 74.8 Å². The highest BCUT2D eigenvalue weighted by Gasteiger charge is 2.21. The average molecular weight is 543 g/mol. The number of benzene rings is 1. The van der Waals surface area contributed by atoms with Gasteiger partial charge in [-0.3, -0.25) is 4.99 Å². The van der Waals surface area contributed by atoms with Crippen molar-refractivity contribution in [1.29, 1.82) is 0 Å². The SMILES string of the molecule is CCOC1CCN(C(=NC)NCCCCN2CCC(Cc3ccccc3)CC2)CC1.I. The maximum atomic E-state index is 5.76. The summed E-state index contributed by atoms with van der Waals surface area (Å²) in [5.41, 5.74) is 1.50. The van der Waals surface area contributed by atoms with E-state index >= 15 is 0 Å². The summed E-state index contributed by atoms with van der Waals surface area (Å²) in [6, 6.07) is 11.0. The van der Waals surface area contributed by atoms with Gasteiger partial charge in [0.05, 0.1) is 6.10 Å². The standard InChI is InChI=1S/C25H42N4O.HI/c1-3-30-24-13-19-29(20-14-24)25(26-2)27-15-7-8-16-28-17-11-23(12-18-28)21-22-9-5-4-6-10-22;/h4-6,9-10,23-24H,3,7-8,11-21H2,1-2H3,(H,26,27);1H. The molecule has 2 heterocycles. The Labute approximate surface area is 207 Å². The molecule has 5 nitrogen and oxygen atoms in total. The Morgan fingerprint density at radius 3 is 2.39 bits per heavy atom. The van der Waals surface area contributed by atoms with Crippen molar-refractivity contribution < 1.29 is 4.74 Å². The fraction of sp³-hybridized carbons (Fsp3) is 0.720. The van der Waals surface area contributed by atoms with Gasteiger partial charge >= 0.3 is 0 Å². The van der Waals surface area contributed by atoms with Gasteiger partial charge in [-0.1, -0.05) is 30.3 Å². The molecule has 0 saturated carbocycles. The van der Waals surface area contributed by atoms with Gasteiger partial charge in [-0.2, -0.15) is 0 Å². The molecule has 0 bridgehead atoms. The number of halogens is 1. The average Bonchev–Trinajstić information content (AvgIpc) is 2.79. The second-order valence-corrected chi connectivity index (χ2v) is 8.80. The van der Waals surface area contributed by atoms with E-state index in [4.69, 9.17) is 4.74 Å². The van der Waals surface area contributed by atoms with Crippen molar-refractivity contribution in [2.75, 3.05) is 52.9 Å². The number of nitrogens with one attached hydrogen (secondary N) is 1. The zero-order valence-electron chi connectivity index (χ0n) is 19.6. The van der Waals surface area contributed by atoms with Gasteiger partial charge in [-0.05, 0) is 83.0 Å². The molecule has 0 aliphatic carbocycles. The van der Waals surface area contributed by atoms with Crippen molar-refractivity contribution in [1.82, 2.24) is 15.1 Å². The lowest BCUT2D eigenvalue weighted by atomic mass is 9.90. The summed E-state index contributed by atoms with van der Waals surface area (Å²) in [5, 5.41) is 3.57. The molecule has 0 atom stereocenters. The summed E-state index contributed by atoms with van der Waals surface area (Å²) in [6.07, 6.45) is 9.05. The second-order valence-electron chi connectivity index (χ2n) is 8.80. The molecular weight excluding hydrogens is 499 g/mol. The second kappa shape index (κ2) is 15.1. The van der Waals surface area contributed by atoms with Crippen molar-refractivity contribution in [2.45, 2.75) is 58.0 Å². The number of ether oxygens (including phenoxy) is 1. The number of piperidine rings is 2. The summed E-state index contributed by atoms with van der Waals surface area (Å²) in [6.45, 7) is 9.77. The number of nitrogens with zero attached hydrogens (tertiary/aromatic N) is 3. The lowest BCUT2D eigenvalue weighted by Gasteiger charge is -2.34. The van der Waals surface area contributed by atoms with Crippen LogP contribution in [0.5, 0.6) is 0 Å². The maximum Gasteiger partial charge on any atom is 0.193 e. The normalized spacial score (nSPS) is 19.3. The molecule has 1 N–H and O–H groups in total. The Morgan fingerprint density at radius 1 is 1.03 bits per heavy atom. The highest BCUT2D eigenvalue weighted by Crippen LogP contribution is 2.21. The van der Waals surface area contributed by atoms with Crippen LogP contribution in [0.4, 0.5) is 0 Å². The van der Waals surface area contributed by atoms with Crippen molar-refractivity contribution in [3.63, 3.8) is 0 Å². The van der Waals surface area contributed by atoms with Gasteiger partial charge < -0.3 is 19.9 Å². The third-order valence-corrected chi connectivity index (χ3v) is 6.61. The molecule has 2 aliphatic heterocycles. The van der Waals surface area contributed by atoms with Crippen LogP contribution in [0.15, 0.2) is 35.3 Å². The summed E-state index contributed by atoms with van der Waals surface area (Å²) in [5.74, 6) is 1.92. The molecule has 0 amide bonds. The van der Waals surface area contributed by atoms with Crippen LogP contribution < -0.4 is 5.32 Å². The van der Waals surface area contributed by atoms with Crippen LogP contribution in [0.1, 0.15) is 51.0 Å². The molecule has 31 heavy (non-hydrogen) atoms. The van der Waals surface area contributed by atoms with E-state index in [0.29, 0.717) is 6.10 Å². The Balaban J connectivity index is 0.00000341. The number of likely N-dealkylation sites (tertiary alicyclic amines) is 2. The summed E-state index contributed by atoms with van der Waals surface area (Å²) < 4.78 is 5.76. The Hall–Kier alpha value is -0.860. The van der Waals surface area contributed by atoms with Gasteiger partial charge in [0, 0.05) is 33.3 Å². The van der Waals surface area contributed by atoms with Gasteiger partial charge in [0.2, 0.25) is 0 Å². The molecular formula is C25H43IN4O. The van der Waals surface area contributed by atoms with Crippen molar-refractivity contribution >= 4 is 29.9 Å². The summed E-state index contributed by atoms with van der Waals surface area (Å²) in [4.78, 5) is 9.54. The fourth-order valence-electron chi connectivity index (χ4n) is 4.82. The van der Waals surface area contributed by atoms with E-state index in [1.807, 2.05) is 7.05 Å². The Kier molecular flexibility index (Phi) is 12.8. The first-order valence-corrected chi connectivity index (χ1v) is 12.1. The summed E-state index contributed by atoms with van der Waals surface area (Å²) in [7, 11) is 1.90. The highest BCUT2D eigenvalue weighted by atomic mass is 127. The Bertz CT molecular complexity index is 611. The van der Waals surface area contributed by atoms with E-state index in [9.17, 15) is 0 Å². The van der Waals surface area contributed by atoms with E-state index in [0.717, 1.165) is 51.0 Å². The molecule has 0 unspecified atom stereocenters. The predicted molar refractivity (Wildman–Crippen MR) is 142 cm³/mol. The van der Waals surface area contributed by atoms with E-state index in [-0.39, 0.29) is 24.0 Å². The molecule has 2 fully saturated rings. The predicted octanol–water partition coefficient (Wildman–Crippen LogP) is 4.42. The molecule has 6 heteroatoms. The van der Waals surface area contributed by atoms with E-state index in [1.165, 1.54) is 57.3 Å². The van der Waals surface area contributed by atoms with E-state index < -0.39 is 0 Å². The first-order valence-electron chi connectivity index (χ1n) is 12.1. The van der Waals surface area contributed by atoms with Crippen LogP contribution in [0, 0.1) is 5.92 Å². The van der Waals surface area contributed by atoms with Gasteiger partial charge in [-0.15, -0.1) is 24.0 Å². The number of guanidine groups is 1. The van der Waals surface area contributed by atoms with Crippen molar-refractivity contribution in [3.05, 3.63) is 35.9 Å². The fourth-order valence-corrected chi connectivity index (χ4v) is 4.82. The van der Waals surface area contributed by atoms with Crippen molar-refractivity contribution in [3.8, 4) is 0 Å². The van der Waals surface area contributed by atoms with Crippen LogP contribution >= 0.6 is 24.0 Å². The minimum atomic E-state index is 0. The van der Waals surface area contributed by atoms with Gasteiger partial charge in [0.25, 0.3) is 0 Å². The van der Waals surface area contributed by atoms with E-state index in [1.54, 1.807) is 0 Å². The minimum absolute atomic E-state index is 0. The molecule has 3 rings (SSSR count). The zero-order chi connectivity index (χ0) is 21.0. The molecule has 1 aromatic rings. The number of aliphatic imine (C=N–C) groups is 1. The molecule has 176 valence electrons. The van der Waals surface area contributed by atoms with Crippen LogP contribution in [0.25, 0.3) is 0 Å². The van der Waals surface area contributed by atoms with Crippen LogP contribution in [-0.2, 0) is 11.2 Å². The monoisotopic (exact) mass is 542 g/mol. The van der Waals surface area contributed by atoms with Crippen LogP contribution in [0.3, 0.4) is 0 Å². The van der Waals surface area contributed by atoms with Gasteiger partial charge in [-0.25, -0.2) is 0 Å². The first-order chi connectivity index (χ1) is 14.8. The van der Waals surface area contributed by atoms with E-state index in [2.05, 4.69) is 57.4 Å². The lowest BCUT2D eigenvalue weighted by Crippen LogP contribution is -2.47. The quantitative estimate of drug-likeness (QED) is 0.217. The number of unbranched alkanes of at least 4 members (excludes halogenated alkanes) is 1. The zero-order valence-corrected chi connectivity index (χ0v) is 21.9. The van der Waals surface area contributed by atoms with Gasteiger partial charge in [0.1, 0.15) is 0 Å². The van der Waals surface area contributed by atoms with Crippen molar-refractivity contribution in [2.24, 2.45) is 10.9 Å². The first kappa shape index (κ1) is 26.4. The maximum absolute atomic E-state index is 5.76. The van der Waals surface area contributed by atoms with Gasteiger partial charge in [0.15, 0.2) is 5.96 Å². The minimum Gasteiger partial charge on any atom is -0.378 e. The molecule has 0 aromatic heterocycles. The highest BCUT2D eigenvalue weighted by molar-refractivity contribution is 14.0. The van der Waals surface area contributed by atoms with Crippen LogP contribution in [0.2, 0.25) is 0 Å². The third-order valence-electron chi connectivity index (χ3n) is 6.61. The topological polar surface area (TPSA) is 40.1 Å². The smallest absolute Gasteiger partial charge is 0.193 e.